The summed E-state index contributed by atoms with van der Waals surface area (Å²) in [5, 5.41) is 26.5. The maximum Gasteiger partial charge on any atom is 0.181 e. The van der Waals surface area contributed by atoms with Crippen LogP contribution >= 0.6 is 12.6 Å². The highest BCUT2D eigenvalue weighted by Crippen LogP contribution is 2.22. The highest BCUT2D eigenvalue weighted by atomic mass is 32.1. The predicted octanol–water partition coefficient (Wildman–Crippen LogP) is -1.25. The molecule has 0 amide bonds. The molecule has 0 aromatic carbocycles. The monoisotopic (exact) mass is 180 g/mol. The van der Waals surface area contributed by atoms with E-state index < -0.39 is 18.5 Å². The van der Waals surface area contributed by atoms with Crippen LogP contribution in [0.4, 0.5) is 0 Å². The summed E-state index contributed by atoms with van der Waals surface area (Å²) < 4.78 is 4.84. The minimum atomic E-state index is -1.18. The van der Waals surface area contributed by atoms with Gasteiger partial charge in [0.1, 0.15) is 6.10 Å². The quantitative estimate of drug-likeness (QED) is 0.380. The molecule has 0 aromatic heterocycles. The number of aliphatic hydroxyl groups excluding tert-OH is 3. The van der Waals surface area contributed by atoms with Crippen LogP contribution in [0.3, 0.4) is 0 Å². The first-order valence-corrected chi connectivity index (χ1v) is 3.97. The Labute approximate surface area is 70.2 Å². The molecule has 5 heteroatoms. The van der Waals surface area contributed by atoms with Gasteiger partial charge in [-0.3, -0.25) is 0 Å². The molecule has 1 aliphatic heterocycles. The lowest BCUT2D eigenvalue weighted by molar-refractivity contribution is -0.218. The lowest BCUT2D eigenvalue weighted by Crippen LogP contribution is -2.46. The van der Waals surface area contributed by atoms with Gasteiger partial charge in [0, 0.05) is 5.25 Å². The van der Waals surface area contributed by atoms with Crippen molar-refractivity contribution in [2.75, 3.05) is 6.61 Å². The van der Waals surface area contributed by atoms with Crippen LogP contribution in [-0.2, 0) is 4.74 Å². The van der Waals surface area contributed by atoms with Gasteiger partial charge in [-0.15, -0.1) is 0 Å². The smallest absolute Gasteiger partial charge is 0.181 e. The SMILES string of the molecule is OCC1OC(O)C(O)CC1S. The molecule has 0 spiro atoms. The lowest BCUT2D eigenvalue weighted by Gasteiger charge is -2.33. The van der Waals surface area contributed by atoms with Crippen molar-refractivity contribution in [3.8, 4) is 0 Å². The van der Waals surface area contributed by atoms with E-state index in [0.29, 0.717) is 6.42 Å². The number of ether oxygens (including phenoxy) is 1. The average Bonchev–Trinajstić information content (AvgIpc) is 1.97. The number of rotatable bonds is 1. The molecule has 3 N–H and O–H groups in total. The third-order valence-corrected chi connectivity index (χ3v) is 2.28. The molecule has 0 aliphatic carbocycles. The zero-order valence-corrected chi connectivity index (χ0v) is 6.82. The van der Waals surface area contributed by atoms with Crippen LogP contribution in [-0.4, -0.2) is 45.7 Å². The molecule has 1 rings (SSSR count). The Morgan fingerprint density at radius 2 is 2.09 bits per heavy atom. The van der Waals surface area contributed by atoms with E-state index >= 15 is 0 Å². The van der Waals surface area contributed by atoms with Crippen LogP contribution in [0, 0.1) is 0 Å². The Morgan fingerprint density at radius 1 is 1.45 bits per heavy atom. The lowest BCUT2D eigenvalue weighted by atomic mass is 10.1. The van der Waals surface area contributed by atoms with Gasteiger partial charge in [0.15, 0.2) is 6.29 Å². The van der Waals surface area contributed by atoms with E-state index in [0.717, 1.165) is 0 Å². The third kappa shape index (κ3) is 2.07. The Kier molecular flexibility index (Phi) is 3.15. The van der Waals surface area contributed by atoms with Gasteiger partial charge in [0.25, 0.3) is 0 Å². The van der Waals surface area contributed by atoms with E-state index in [-0.39, 0.29) is 11.9 Å². The highest BCUT2D eigenvalue weighted by Gasteiger charge is 2.33. The van der Waals surface area contributed by atoms with Gasteiger partial charge < -0.3 is 20.1 Å². The summed E-state index contributed by atoms with van der Waals surface area (Å²) in [6, 6.07) is 0. The van der Waals surface area contributed by atoms with Crippen molar-refractivity contribution in [3.63, 3.8) is 0 Å². The summed E-state index contributed by atoms with van der Waals surface area (Å²) in [4.78, 5) is 0. The van der Waals surface area contributed by atoms with Crippen LogP contribution in [0.15, 0.2) is 0 Å². The van der Waals surface area contributed by atoms with E-state index in [2.05, 4.69) is 12.6 Å². The van der Waals surface area contributed by atoms with Crippen molar-refractivity contribution in [1.29, 1.82) is 0 Å². The summed E-state index contributed by atoms with van der Waals surface area (Å²) in [7, 11) is 0. The zero-order chi connectivity index (χ0) is 8.43. The fourth-order valence-electron chi connectivity index (χ4n) is 1.04. The van der Waals surface area contributed by atoms with Gasteiger partial charge in [0.2, 0.25) is 0 Å². The number of aliphatic hydroxyl groups is 3. The molecule has 1 fully saturated rings. The summed E-state index contributed by atoms with van der Waals surface area (Å²) in [6.45, 7) is -0.183. The second-order valence-electron chi connectivity index (χ2n) is 2.62. The van der Waals surface area contributed by atoms with Crippen LogP contribution < -0.4 is 0 Å². The fourth-order valence-corrected chi connectivity index (χ4v) is 1.42. The number of hydrogen-bond acceptors (Lipinski definition) is 5. The molecular formula is C6H12O4S. The summed E-state index contributed by atoms with van der Waals surface area (Å²) in [5.74, 6) is 0. The topological polar surface area (TPSA) is 69.9 Å². The van der Waals surface area contributed by atoms with Crippen LogP contribution in [0.5, 0.6) is 0 Å². The minimum Gasteiger partial charge on any atom is -0.394 e. The molecule has 1 saturated heterocycles. The summed E-state index contributed by atoms with van der Waals surface area (Å²) in [6.07, 6.45) is -2.21. The molecule has 0 bridgehead atoms. The first-order chi connectivity index (χ1) is 5.15. The van der Waals surface area contributed by atoms with Gasteiger partial charge in [-0.2, -0.15) is 12.6 Å². The number of hydrogen-bond donors (Lipinski definition) is 4. The van der Waals surface area contributed by atoms with Gasteiger partial charge in [0.05, 0.1) is 12.7 Å². The first kappa shape index (κ1) is 9.28. The Morgan fingerprint density at radius 3 is 2.64 bits per heavy atom. The van der Waals surface area contributed by atoms with Crippen LogP contribution in [0.25, 0.3) is 0 Å². The second-order valence-corrected chi connectivity index (χ2v) is 3.28. The average molecular weight is 180 g/mol. The molecule has 4 atom stereocenters. The van der Waals surface area contributed by atoms with Crippen molar-refractivity contribution in [2.45, 2.75) is 30.2 Å². The molecular weight excluding hydrogens is 168 g/mol. The van der Waals surface area contributed by atoms with Gasteiger partial charge in [-0.1, -0.05) is 0 Å². The normalized spacial score (nSPS) is 45.8. The van der Waals surface area contributed by atoms with E-state index in [1.54, 1.807) is 0 Å². The van der Waals surface area contributed by atoms with E-state index in [1.165, 1.54) is 0 Å². The fraction of sp³-hybridized carbons (Fsp3) is 1.00. The molecule has 0 radical (unpaired) electrons. The molecule has 66 valence electrons. The Bertz CT molecular complexity index is 132. The molecule has 0 aromatic rings. The Balaban J connectivity index is 2.48. The van der Waals surface area contributed by atoms with Gasteiger partial charge in [-0.05, 0) is 6.42 Å². The van der Waals surface area contributed by atoms with Crippen molar-refractivity contribution < 1.29 is 20.1 Å². The second kappa shape index (κ2) is 3.73. The predicted molar refractivity (Wildman–Crippen MR) is 41.4 cm³/mol. The standard InChI is InChI=1S/C6H12O4S/c7-2-4-5(11)1-3(8)6(9)10-4/h3-9,11H,1-2H2. The summed E-state index contributed by atoms with van der Waals surface area (Å²) >= 11 is 4.08. The van der Waals surface area contributed by atoms with Gasteiger partial charge >= 0.3 is 0 Å². The maximum atomic E-state index is 9.06. The third-order valence-electron chi connectivity index (χ3n) is 1.74. The van der Waals surface area contributed by atoms with Crippen molar-refractivity contribution >= 4 is 12.6 Å². The maximum absolute atomic E-state index is 9.06. The summed E-state index contributed by atoms with van der Waals surface area (Å²) in [5.41, 5.74) is 0. The van der Waals surface area contributed by atoms with E-state index in [4.69, 9.17) is 20.1 Å². The largest absolute Gasteiger partial charge is 0.394 e. The zero-order valence-electron chi connectivity index (χ0n) is 5.92. The van der Waals surface area contributed by atoms with Crippen molar-refractivity contribution in [1.82, 2.24) is 0 Å². The minimum absolute atomic E-state index is 0.183. The highest BCUT2D eigenvalue weighted by molar-refractivity contribution is 7.81. The molecule has 1 aliphatic rings. The van der Waals surface area contributed by atoms with Crippen LogP contribution in [0.2, 0.25) is 0 Å². The van der Waals surface area contributed by atoms with Gasteiger partial charge in [-0.25, -0.2) is 0 Å². The molecule has 0 saturated carbocycles. The molecule has 4 nitrogen and oxygen atoms in total. The Hall–Kier alpha value is 0.190. The molecule has 11 heavy (non-hydrogen) atoms. The molecule has 1 heterocycles. The first-order valence-electron chi connectivity index (χ1n) is 3.45. The van der Waals surface area contributed by atoms with E-state index in [9.17, 15) is 0 Å². The molecule has 4 unspecified atom stereocenters. The van der Waals surface area contributed by atoms with E-state index in [1.807, 2.05) is 0 Å². The van der Waals surface area contributed by atoms with Crippen molar-refractivity contribution in [3.05, 3.63) is 0 Å². The number of thiol groups is 1. The van der Waals surface area contributed by atoms with Crippen molar-refractivity contribution in [2.24, 2.45) is 0 Å². The van der Waals surface area contributed by atoms with Crippen LogP contribution in [0.1, 0.15) is 6.42 Å².